The van der Waals surface area contributed by atoms with Gasteiger partial charge in [0.1, 0.15) is 23.9 Å². The number of aromatic nitrogens is 7. The average molecular weight is 441 g/mol. The van der Waals surface area contributed by atoms with Gasteiger partial charge in [-0.15, -0.1) is 5.10 Å². The molecule has 0 fully saturated rings. The first-order valence-corrected chi connectivity index (χ1v) is 10.7. The fraction of sp³-hybridized carbons (Fsp3) is 0.208. The van der Waals surface area contributed by atoms with Crippen LogP contribution in [0.15, 0.2) is 61.1 Å². The van der Waals surface area contributed by atoms with Crippen molar-refractivity contribution in [3.05, 3.63) is 84.0 Å². The molecule has 0 unspecified atom stereocenters. The number of fused-ring (bicyclic) bond motifs is 1. The van der Waals surface area contributed by atoms with Crippen molar-refractivity contribution in [1.82, 2.24) is 34.9 Å². The SMILES string of the molecule is CCOc1ccc(OCc2nc(Cc3cn[nH]c3C)n(-c3ccc4nccnc4c3)n2)cc1. The van der Waals surface area contributed by atoms with Crippen LogP contribution < -0.4 is 9.47 Å². The van der Waals surface area contributed by atoms with Crippen molar-refractivity contribution in [2.45, 2.75) is 26.9 Å². The quantitative estimate of drug-likeness (QED) is 0.390. The molecule has 0 radical (unpaired) electrons. The lowest BCUT2D eigenvalue weighted by molar-refractivity contribution is 0.294. The Hall–Kier alpha value is -4.27. The van der Waals surface area contributed by atoms with Crippen molar-refractivity contribution >= 4 is 11.0 Å². The second-order valence-corrected chi connectivity index (χ2v) is 7.48. The van der Waals surface area contributed by atoms with E-state index in [0.717, 1.165) is 45.3 Å². The summed E-state index contributed by atoms with van der Waals surface area (Å²) in [5, 5.41) is 11.8. The minimum Gasteiger partial charge on any atom is -0.494 e. The molecule has 9 nitrogen and oxygen atoms in total. The van der Waals surface area contributed by atoms with Crippen LogP contribution in [0.2, 0.25) is 0 Å². The summed E-state index contributed by atoms with van der Waals surface area (Å²) in [6.07, 6.45) is 5.76. The summed E-state index contributed by atoms with van der Waals surface area (Å²) >= 11 is 0. The Balaban J connectivity index is 1.44. The molecule has 0 aliphatic heterocycles. The molecule has 3 aromatic heterocycles. The Morgan fingerprint density at radius 1 is 0.939 bits per heavy atom. The van der Waals surface area contributed by atoms with Crippen molar-refractivity contribution in [2.75, 3.05) is 6.61 Å². The van der Waals surface area contributed by atoms with Gasteiger partial charge in [-0.2, -0.15) is 5.10 Å². The minimum absolute atomic E-state index is 0.242. The fourth-order valence-corrected chi connectivity index (χ4v) is 3.53. The van der Waals surface area contributed by atoms with Crippen LogP contribution >= 0.6 is 0 Å². The summed E-state index contributed by atoms with van der Waals surface area (Å²) in [5.41, 5.74) is 4.54. The molecule has 166 valence electrons. The Morgan fingerprint density at radius 3 is 2.42 bits per heavy atom. The standard InChI is InChI=1S/C24H23N7O2/c1-3-32-19-5-7-20(8-6-19)33-15-23-28-24(12-17-14-27-29-16(17)2)31(30-23)18-4-9-21-22(13-18)26-11-10-25-21/h4-11,13-14H,3,12,15H2,1-2H3,(H,27,29). The topological polar surface area (TPSA) is 104 Å². The van der Waals surface area contributed by atoms with Crippen LogP contribution in [0.25, 0.3) is 16.7 Å². The predicted molar refractivity (Wildman–Crippen MR) is 123 cm³/mol. The highest BCUT2D eigenvalue weighted by Gasteiger charge is 2.15. The molecule has 2 aromatic carbocycles. The maximum absolute atomic E-state index is 5.92. The van der Waals surface area contributed by atoms with E-state index in [-0.39, 0.29) is 6.61 Å². The third-order valence-electron chi connectivity index (χ3n) is 5.20. The van der Waals surface area contributed by atoms with E-state index >= 15 is 0 Å². The number of hydrogen-bond acceptors (Lipinski definition) is 7. The van der Waals surface area contributed by atoms with Gasteiger partial charge in [-0.1, -0.05) is 0 Å². The largest absolute Gasteiger partial charge is 0.494 e. The molecule has 0 bridgehead atoms. The van der Waals surface area contributed by atoms with E-state index in [9.17, 15) is 0 Å². The number of ether oxygens (including phenoxy) is 2. The van der Waals surface area contributed by atoms with Crippen LogP contribution in [0, 0.1) is 6.92 Å². The van der Waals surface area contributed by atoms with Gasteiger partial charge >= 0.3 is 0 Å². The lowest BCUT2D eigenvalue weighted by Crippen LogP contribution is -2.05. The average Bonchev–Trinajstić information content (AvgIpc) is 3.44. The van der Waals surface area contributed by atoms with Gasteiger partial charge in [0.15, 0.2) is 5.82 Å². The van der Waals surface area contributed by atoms with Gasteiger partial charge in [0.2, 0.25) is 0 Å². The van der Waals surface area contributed by atoms with Crippen LogP contribution in [-0.2, 0) is 13.0 Å². The molecule has 0 atom stereocenters. The van der Waals surface area contributed by atoms with Crippen LogP contribution in [-0.4, -0.2) is 41.5 Å². The molecule has 5 aromatic rings. The first-order valence-electron chi connectivity index (χ1n) is 10.7. The molecule has 0 saturated carbocycles. The highest BCUT2D eigenvalue weighted by atomic mass is 16.5. The molecule has 9 heteroatoms. The van der Waals surface area contributed by atoms with E-state index in [2.05, 4.69) is 20.2 Å². The summed E-state index contributed by atoms with van der Waals surface area (Å²) in [6.45, 7) is 4.81. The number of aryl methyl sites for hydroxylation is 1. The van der Waals surface area contributed by atoms with E-state index < -0.39 is 0 Å². The Morgan fingerprint density at radius 2 is 1.70 bits per heavy atom. The number of nitrogens with zero attached hydrogens (tertiary/aromatic N) is 6. The van der Waals surface area contributed by atoms with Crippen molar-refractivity contribution in [3.8, 4) is 17.2 Å². The first kappa shape index (κ1) is 20.6. The second-order valence-electron chi connectivity index (χ2n) is 7.48. The van der Waals surface area contributed by atoms with Gasteiger partial charge in [0.25, 0.3) is 0 Å². The number of H-pyrrole nitrogens is 1. The molecule has 0 aliphatic rings. The predicted octanol–water partition coefficient (Wildman–Crippen LogP) is 3.81. The molecule has 0 saturated heterocycles. The van der Waals surface area contributed by atoms with Crippen LogP contribution in [0.4, 0.5) is 0 Å². The van der Waals surface area contributed by atoms with E-state index in [1.807, 2.05) is 67.2 Å². The maximum atomic E-state index is 5.92. The van der Waals surface area contributed by atoms with Crippen molar-refractivity contribution in [3.63, 3.8) is 0 Å². The van der Waals surface area contributed by atoms with Gasteiger partial charge in [-0.05, 0) is 56.3 Å². The zero-order valence-corrected chi connectivity index (χ0v) is 18.4. The molecule has 3 heterocycles. The normalized spacial score (nSPS) is 11.1. The Bertz CT molecular complexity index is 1380. The zero-order chi connectivity index (χ0) is 22.6. The summed E-state index contributed by atoms with van der Waals surface area (Å²) in [7, 11) is 0. The fourth-order valence-electron chi connectivity index (χ4n) is 3.53. The Kier molecular flexibility index (Phi) is 5.67. The van der Waals surface area contributed by atoms with Crippen LogP contribution in [0.1, 0.15) is 29.8 Å². The molecular formula is C24H23N7O2. The number of hydrogen-bond donors (Lipinski definition) is 1. The molecule has 5 rings (SSSR count). The number of benzene rings is 2. The van der Waals surface area contributed by atoms with Crippen LogP contribution in [0.3, 0.4) is 0 Å². The number of rotatable bonds is 8. The Labute approximate surface area is 190 Å². The van der Waals surface area contributed by atoms with E-state index in [4.69, 9.17) is 19.6 Å². The smallest absolute Gasteiger partial charge is 0.188 e. The van der Waals surface area contributed by atoms with Gasteiger partial charge in [0, 0.05) is 30.1 Å². The third-order valence-corrected chi connectivity index (χ3v) is 5.20. The molecule has 0 aliphatic carbocycles. The first-order chi connectivity index (χ1) is 16.2. The monoisotopic (exact) mass is 441 g/mol. The highest BCUT2D eigenvalue weighted by molar-refractivity contribution is 5.76. The van der Waals surface area contributed by atoms with E-state index in [1.54, 1.807) is 12.4 Å². The zero-order valence-electron chi connectivity index (χ0n) is 18.4. The van der Waals surface area contributed by atoms with E-state index in [1.165, 1.54) is 0 Å². The van der Waals surface area contributed by atoms with Crippen LogP contribution in [0.5, 0.6) is 11.5 Å². The van der Waals surface area contributed by atoms with Gasteiger partial charge in [-0.3, -0.25) is 15.1 Å². The summed E-state index contributed by atoms with van der Waals surface area (Å²) < 4.78 is 13.2. The van der Waals surface area contributed by atoms with Gasteiger partial charge < -0.3 is 9.47 Å². The van der Waals surface area contributed by atoms with Crippen molar-refractivity contribution in [2.24, 2.45) is 0 Å². The molecule has 0 spiro atoms. The maximum Gasteiger partial charge on any atom is 0.188 e. The van der Waals surface area contributed by atoms with Crippen molar-refractivity contribution < 1.29 is 9.47 Å². The third kappa shape index (κ3) is 4.52. The molecule has 0 amide bonds. The van der Waals surface area contributed by atoms with E-state index in [0.29, 0.717) is 18.9 Å². The molecular weight excluding hydrogens is 418 g/mol. The number of aromatic amines is 1. The highest BCUT2D eigenvalue weighted by Crippen LogP contribution is 2.21. The lowest BCUT2D eigenvalue weighted by atomic mass is 10.2. The van der Waals surface area contributed by atoms with Gasteiger partial charge in [-0.25, -0.2) is 9.67 Å². The number of nitrogens with one attached hydrogen (secondary N) is 1. The summed E-state index contributed by atoms with van der Waals surface area (Å²) in [4.78, 5) is 13.5. The summed E-state index contributed by atoms with van der Waals surface area (Å²) in [5.74, 6) is 2.90. The minimum atomic E-state index is 0.242. The molecule has 1 N–H and O–H groups in total. The summed E-state index contributed by atoms with van der Waals surface area (Å²) in [6, 6.07) is 13.4. The van der Waals surface area contributed by atoms with Gasteiger partial charge in [0.05, 0.1) is 29.5 Å². The van der Waals surface area contributed by atoms with Crippen molar-refractivity contribution in [1.29, 1.82) is 0 Å². The lowest BCUT2D eigenvalue weighted by Gasteiger charge is -2.07. The second kappa shape index (κ2) is 9.07. The molecule has 33 heavy (non-hydrogen) atoms.